The molecule has 0 radical (unpaired) electrons. The number of unbranched alkanes of at least 4 members (excludes halogenated alkanes) is 7. The summed E-state index contributed by atoms with van der Waals surface area (Å²) in [5.41, 5.74) is 4.15. The van der Waals surface area contributed by atoms with Crippen LogP contribution in [-0.2, 0) is 0 Å². The topological polar surface area (TPSA) is 51.2 Å². The number of hydrogen-bond acceptors (Lipinski definition) is 3. The van der Waals surface area contributed by atoms with Gasteiger partial charge in [0.25, 0.3) is 0 Å². The van der Waals surface area contributed by atoms with E-state index in [1.807, 2.05) is 13.8 Å². The first-order chi connectivity index (χ1) is 9.69. The molecular formula is C17H32N2O. The van der Waals surface area contributed by atoms with Crippen molar-refractivity contribution >= 4 is 0 Å². The second kappa shape index (κ2) is 10.0. The van der Waals surface area contributed by atoms with Crippen LogP contribution in [0.4, 0.5) is 0 Å². The lowest BCUT2D eigenvalue weighted by Crippen LogP contribution is -2.28. The molecule has 0 amide bonds. The first-order valence-corrected chi connectivity index (χ1v) is 8.22. The molecule has 1 aromatic heterocycles. The fourth-order valence-electron chi connectivity index (χ4n) is 2.81. The summed E-state index contributed by atoms with van der Waals surface area (Å²) in [6.45, 7) is 6.26. The number of aryl methyl sites for hydroxylation is 2. The van der Waals surface area contributed by atoms with Gasteiger partial charge in [0, 0.05) is 11.6 Å². The third-order valence-electron chi connectivity index (χ3n) is 4.00. The lowest BCUT2D eigenvalue weighted by Gasteiger charge is -2.15. The van der Waals surface area contributed by atoms with Gasteiger partial charge >= 0.3 is 0 Å². The summed E-state index contributed by atoms with van der Waals surface area (Å²) in [6.07, 6.45) is 11.9. The first-order valence-electron chi connectivity index (χ1n) is 8.22. The Balaban J connectivity index is 2.17. The number of rotatable bonds is 11. The van der Waals surface area contributed by atoms with Gasteiger partial charge < -0.3 is 4.42 Å². The largest absolute Gasteiger partial charge is 0.466 e. The van der Waals surface area contributed by atoms with Crippen LogP contribution in [0.2, 0.25) is 0 Å². The summed E-state index contributed by atoms with van der Waals surface area (Å²) in [4.78, 5) is 0. The monoisotopic (exact) mass is 280 g/mol. The van der Waals surface area contributed by atoms with Gasteiger partial charge in [-0.1, -0.05) is 58.3 Å². The zero-order valence-corrected chi connectivity index (χ0v) is 13.5. The van der Waals surface area contributed by atoms with Crippen molar-refractivity contribution in [2.75, 3.05) is 0 Å². The number of hydrazine groups is 1. The molecule has 1 aromatic rings. The van der Waals surface area contributed by atoms with Gasteiger partial charge in [0.05, 0.1) is 0 Å². The van der Waals surface area contributed by atoms with Crippen LogP contribution in [0.25, 0.3) is 0 Å². The van der Waals surface area contributed by atoms with Crippen LogP contribution in [0.15, 0.2) is 10.5 Å². The Morgan fingerprint density at radius 1 is 1.05 bits per heavy atom. The molecular weight excluding hydrogens is 248 g/mol. The van der Waals surface area contributed by atoms with E-state index in [1.54, 1.807) is 0 Å². The Morgan fingerprint density at radius 2 is 1.65 bits per heavy atom. The molecule has 0 bridgehead atoms. The normalized spacial score (nSPS) is 12.8. The summed E-state index contributed by atoms with van der Waals surface area (Å²) in [5.74, 6) is 7.64. The van der Waals surface area contributed by atoms with E-state index in [4.69, 9.17) is 10.3 Å². The summed E-state index contributed by atoms with van der Waals surface area (Å²) in [7, 11) is 0. The lowest BCUT2D eigenvalue weighted by molar-refractivity contribution is 0.456. The lowest BCUT2D eigenvalue weighted by atomic mass is 10.00. The Labute approximate surface area is 124 Å². The number of hydrogen-bond donors (Lipinski definition) is 2. The van der Waals surface area contributed by atoms with E-state index in [0.717, 1.165) is 17.9 Å². The van der Waals surface area contributed by atoms with Crippen LogP contribution in [0.5, 0.6) is 0 Å². The molecule has 1 rings (SSSR count). The van der Waals surface area contributed by atoms with E-state index in [2.05, 4.69) is 18.4 Å². The minimum atomic E-state index is 0.229. The van der Waals surface area contributed by atoms with E-state index in [1.165, 1.54) is 56.9 Å². The fourth-order valence-corrected chi connectivity index (χ4v) is 2.81. The number of nitrogens with two attached hydrogens (primary N) is 1. The van der Waals surface area contributed by atoms with Crippen LogP contribution in [0.1, 0.15) is 87.8 Å². The molecule has 116 valence electrons. The van der Waals surface area contributed by atoms with Crippen LogP contribution in [0, 0.1) is 13.8 Å². The van der Waals surface area contributed by atoms with Crippen molar-refractivity contribution in [1.29, 1.82) is 0 Å². The standard InChI is InChI=1S/C17H32N2O/c1-4-5-6-7-8-9-10-11-12-17(19-18)16-13-14(2)20-15(16)3/h13,17,19H,4-12,18H2,1-3H3. The highest BCUT2D eigenvalue weighted by Crippen LogP contribution is 2.25. The van der Waals surface area contributed by atoms with Crippen LogP contribution in [0.3, 0.4) is 0 Å². The van der Waals surface area contributed by atoms with Gasteiger partial charge in [0.2, 0.25) is 0 Å². The average Bonchev–Trinajstić information content (AvgIpc) is 2.76. The third-order valence-corrected chi connectivity index (χ3v) is 4.00. The highest BCUT2D eigenvalue weighted by molar-refractivity contribution is 5.23. The first kappa shape index (κ1) is 17.3. The maximum atomic E-state index is 5.69. The van der Waals surface area contributed by atoms with Crippen LogP contribution >= 0.6 is 0 Å². The summed E-state index contributed by atoms with van der Waals surface area (Å²) in [6, 6.07) is 2.33. The molecule has 3 nitrogen and oxygen atoms in total. The highest BCUT2D eigenvalue weighted by Gasteiger charge is 2.15. The van der Waals surface area contributed by atoms with Crippen molar-refractivity contribution < 1.29 is 4.42 Å². The van der Waals surface area contributed by atoms with E-state index in [9.17, 15) is 0 Å². The maximum absolute atomic E-state index is 5.69. The summed E-state index contributed by atoms with van der Waals surface area (Å²) >= 11 is 0. The summed E-state index contributed by atoms with van der Waals surface area (Å²) in [5, 5.41) is 0. The highest BCUT2D eigenvalue weighted by atomic mass is 16.3. The second-order valence-corrected chi connectivity index (χ2v) is 5.85. The minimum absolute atomic E-state index is 0.229. The van der Waals surface area contributed by atoms with E-state index < -0.39 is 0 Å². The quantitative estimate of drug-likeness (QED) is 0.343. The van der Waals surface area contributed by atoms with Gasteiger partial charge in [-0.25, -0.2) is 0 Å². The number of nitrogens with one attached hydrogen (secondary N) is 1. The fraction of sp³-hybridized carbons (Fsp3) is 0.765. The Morgan fingerprint density at radius 3 is 2.15 bits per heavy atom. The molecule has 0 saturated heterocycles. The molecule has 1 atom stereocenters. The SMILES string of the molecule is CCCCCCCCCCC(NN)c1cc(C)oc1C. The van der Waals surface area contributed by atoms with Crippen molar-refractivity contribution in [3.05, 3.63) is 23.2 Å². The molecule has 1 unspecified atom stereocenters. The van der Waals surface area contributed by atoms with Crippen molar-refractivity contribution in [3.63, 3.8) is 0 Å². The minimum Gasteiger partial charge on any atom is -0.466 e. The molecule has 0 fully saturated rings. The predicted octanol–water partition coefficient (Wildman–Crippen LogP) is 4.93. The molecule has 3 N–H and O–H groups in total. The van der Waals surface area contributed by atoms with Crippen LogP contribution < -0.4 is 11.3 Å². The summed E-state index contributed by atoms with van der Waals surface area (Å²) < 4.78 is 5.58. The molecule has 0 aliphatic heterocycles. The van der Waals surface area contributed by atoms with Gasteiger partial charge in [-0.3, -0.25) is 11.3 Å². The van der Waals surface area contributed by atoms with Gasteiger partial charge in [-0.05, 0) is 26.3 Å². The van der Waals surface area contributed by atoms with Crippen molar-refractivity contribution in [2.45, 2.75) is 84.6 Å². The zero-order valence-electron chi connectivity index (χ0n) is 13.5. The molecule has 20 heavy (non-hydrogen) atoms. The van der Waals surface area contributed by atoms with Crippen molar-refractivity contribution in [3.8, 4) is 0 Å². The third kappa shape index (κ3) is 6.10. The molecule has 0 aliphatic carbocycles. The van der Waals surface area contributed by atoms with Gasteiger partial charge in [0.1, 0.15) is 11.5 Å². The van der Waals surface area contributed by atoms with E-state index in [0.29, 0.717) is 0 Å². The Hall–Kier alpha value is -0.800. The van der Waals surface area contributed by atoms with Crippen molar-refractivity contribution in [2.24, 2.45) is 5.84 Å². The smallest absolute Gasteiger partial charge is 0.105 e. The van der Waals surface area contributed by atoms with Gasteiger partial charge in [-0.2, -0.15) is 0 Å². The zero-order chi connectivity index (χ0) is 14.8. The molecule has 0 saturated carbocycles. The molecule has 3 heteroatoms. The maximum Gasteiger partial charge on any atom is 0.105 e. The van der Waals surface area contributed by atoms with E-state index in [-0.39, 0.29) is 6.04 Å². The van der Waals surface area contributed by atoms with Gasteiger partial charge in [0.15, 0.2) is 0 Å². The Bertz CT molecular complexity index is 360. The van der Waals surface area contributed by atoms with Crippen molar-refractivity contribution in [1.82, 2.24) is 5.43 Å². The van der Waals surface area contributed by atoms with Gasteiger partial charge in [-0.15, -0.1) is 0 Å². The number of furan rings is 1. The predicted molar refractivity (Wildman–Crippen MR) is 85.5 cm³/mol. The molecule has 0 aromatic carbocycles. The molecule has 1 heterocycles. The van der Waals surface area contributed by atoms with E-state index >= 15 is 0 Å². The second-order valence-electron chi connectivity index (χ2n) is 5.85. The molecule has 0 spiro atoms. The Kier molecular flexibility index (Phi) is 8.63. The molecule has 0 aliphatic rings. The van der Waals surface area contributed by atoms with Crippen LogP contribution in [-0.4, -0.2) is 0 Å². The average molecular weight is 280 g/mol.